The average Bonchev–Trinajstić information content (AvgIpc) is 3.61. The number of nitrogens with zero attached hydrogens (tertiary/aromatic N) is 5. The lowest BCUT2D eigenvalue weighted by Gasteiger charge is -2.25. The Balaban J connectivity index is 1.28. The van der Waals surface area contributed by atoms with E-state index in [0.29, 0.717) is 0 Å². The largest absolute Gasteiger partial charge is 0.311 e. The van der Waals surface area contributed by atoms with Crippen LogP contribution >= 0.6 is 0 Å². The Morgan fingerprint density at radius 1 is 0.422 bits per heavy atom. The van der Waals surface area contributed by atoms with Gasteiger partial charge < -0.3 is 4.90 Å². The fraction of sp³-hybridized carbons (Fsp3) is 0. The van der Waals surface area contributed by atoms with Crippen molar-refractivity contribution in [2.24, 2.45) is 0 Å². The highest BCUT2D eigenvalue weighted by Crippen LogP contribution is 2.39. The third-order valence-corrected chi connectivity index (χ3v) is 8.53. The molecular weight excluding hydrogens is 550 g/mol. The molecule has 0 bridgehead atoms. The molecule has 0 spiro atoms. The maximum absolute atomic E-state index is 5.43. The van der Waals surface area contributed by atoms with E-state index in [0.717, 1.165) is 72.4 Å². The summed E-state index contributed by atoms with van der Waals surface area (Å²) in [7, 11) is 0. The van der Waals surface area contributed by atoms with Gasteiger partial charge in [-0.05, 0) is 84.9 Å². The molecule has 0 aliphatic heterocycles. The van der Waals surface area contributed by atoms with Gasteiger partial charge in [-0.25, -0.2) is 4.98 Å². The standard InChI is InChI=1S/C40H27N5/c1-4-13-28(14-5-1)43(29-15-6-2-7-16-29)31-22-24-32(25-23-31)44-36-20-11-10-19-33(36)34-27-35-38-37(21-12-26-41-38)45(40(35)42-39(34)44)30-17-8-3-9-18-30/h1-27H. The van der Waals surface area contributed by atoms with Gasteiger partial charge >= 0.3 is 0 Å². The zero-order valence-corrected chi connectivity index (χ0v) is 24.3. The zero-order chi connectivity index (χ0) is 29.7. The number of anilines is 3. The van der Waals surface area contributed by atoms with E-state index in [4.69, 9.17) is 9.97 Å². The summed E-state index contributed by atoms with van der Waals surface area (Å²) in [5.41, 5.74) is 10.3. The molecule has 0 aliphatic carbocycles. The maximum Gasteiger partial charge on any atom is 0.149 e. The molecule has 0 amide bonds. The van der Waals surface area contributed by atoms with E-state index >= 15 is 0 Å². The van der Waals surface area contributed by atoms with Gasteiger partial charge in [0.05, 0.1) is 16.6 Å². The molecule has 0 aliphatic rings. The Morgan fingerprint density at radius 3 is 1.67 bits per heavy atom. The number of pyridine rings is 2. The van der Waals surface area contributed by atoms with Crippen LogP contribution in [0.5, 0.6) is 0 Å². The van der Waals surface area contributed by atoms with Crippen molar-refractivity contribution in [1.82, 2.24) is 19.1 Å². The Bertz CT molecular complexity index is 2420. The van der Waals surface area contributed by atoms with E-state index in [-0.39, 0.29) is 0 Å². The first-order valence-corrected chi connectivity index (χ1v) is 15.1. The van der Waals surface area contributed by atoms with Crippen LogP contribution in [0.1, 0.15) is 0 Å². The highest BCUT2D eigenvalue weighted by Gasteiger charge is 2.20. The second kappa shape index (κ2) is 10.2. The van der Waals surface area contributed by atoms with Crippen molar-refractivity contribution in [3.8, 4) is 11.4 Å². The van der Waals surface area contributed by atoms with Gasteiger partial charge in [0.1, 0.15) is 11.3 Å². The number of benzene rings is 5. The monoisotopic (exact) mass is 577 g/mol. The molecule has 45 heavy (non-hydrogen) atoms. The van der Waals surface area contributed by atoms with Gasteiger partial charge in [0.25, 0.3) is 0 Å². The van der Waals surface area contributed by atoms with Crippen LogP contribution in [0.25, 0.3) is 55.4 Å². The van der Waals surface area contributed by atoms with Crippen molar-refractivity contribution in [1.29, 1.82) is 0 Å². The lowest BCUT2D eigenvalue weighted by molar-refractivity contribution is 1.11. The normalized spacial score (nSPS) is 11.6. The van der Waals surface area contributed by atoms with Crippen LogP contribution < -0.4 is 4.90 Å². The number of fused-ring (bicyclic) bond motifs is 6. The van der Waals surface area contributed by atoms with Crippen LogP contribution in [0.4, 0.5) is 17.1 Å². The van der Waals surface area contributed by atoms with Crippen molar-refractivity contribution in [3.05, 3.63) is 164 Å². The third kappa shape index (κ3) is 4.02. The van der Waals surface area contributed by atoms with Crippen LogP contribution in [0.15, 0.2) is 164 Å². The quantitative estimate of drug-likeness (QED) is 0.204. The molecule has 0 N–H and O–H groups in total. The second-order valence-corrected chi connectivity index (χ2v) is 11.1. The number of para-hydroxylation sites is 4. The lowest BCUT2D eigenvalue weighted by Crippen LogP contribution is -2.09. The van der Waals surface area contributed by atoms with Gasteiger partial charge in [0.2, 0.25) is 0 Å². The molecule has 0 fully saturated rings. The van der Waals surface area contributed by atoms with Crippen LogP contribution in [-0.4, -0.2) is 19.1 Å². The molecule has 4 heterocycles. The van der Waals surface area contributed by atoms with Gasteiger partial charge in [-0.1, -0.05) is 72.8 Å². The van der Waals surface area contributed by atoms with E-state index in [2.05, 4.69) is 160 Å². The van der Waals surface area contributed by atoms with Gasteiger partial charge in [0.15, 0.2) is 0 Å². The van der Waals surface area contributed by atoms with Gasteiger partial charge in [-0.15, -0.1) is 0 Å². The topological polar surface area (TPSA) is 38.9 Å². The molecule has 0 unspecified atom stereocenters. The molecule has 212 valence electrons. The molecule has 9 aromatic rings. The highest BCUT2D eigenvalue weighted by molar-refractivity contribution is 6.15. The summed E-state index contributed by atoms with van der Waals surface area (Å²) in [6.45, 7) is 0. The van der Waals surface area contributed by atoms with E-state index in [1.807, 2.05) is 18.3 Å². The summed E-state index contributed by atoms with van der Waals surface area (Å²) in [4.78, 5) is 12.5. The van der Waals surface area contributed by atoms with Gasteiger partial charge in [-0.2, -0.15) is 0 Å². The lowest BCUT2D eigenvalue weighted by atomic mass is 10.1. The summed E-state index contributed by atoms with van der Waals surface area (Å²) in [5, 5.41) is 3.31. The molecule has 0 saturated heterocycles. The van der Waals surface area contributed by atoms with Gasteiger partial charge in [-0.3, -0.25) is 14.1 Å². The van der Waals surface area contributed by atoms with E-state index in [1.54, 1.807) is 0 Å². The second-order valence-electron chi connectivity index (χ2n) is 11.1. The summed E-state index contributed by atoms with van der Waals surface area (Å²) in [6, 6.07) is 55.1. The minimum atomic E-state index is 0.891. The van der Waals surface area contributed by atoms with Crippen molar-refractivity contribution in [2.75, 3.05) is 4.90 Å². The number of aromatic nitrogens is 4. The Morgan fingerprint density at radius 2 is 0.956 bits per heavy atom. The van der Waals surface area contributed by atoms with Gasteiger partial charge in [0, 0.05) is 50.8 Å². The predicted molar refractivity (Wildman–Crippen MR) is 185 cm³/mol. The molecule has 5 nitrogen and oxygen atoms in total. The fourth-order valence-corrected chi connectivity index (χ4v) is 6.57. The number of rotatable bonds is 5. The van der Waals surface area contributed by atoms with Crippen LogP contribution in [0, 0.1) is 0 Å². The molecule has 4 aromatic heterocycles. The van der Waals surface area contributed by atoms with E-state index < -0.39 is 0 Å². The summed E-state index contributed by atoms with van der Waals surface area (Å²) in [6.07, 6.45) is 1.86. The van der Waals surface area contributed by atoms with Crippen LogP contribution in [0.2, 0.25) is 0 Å². The molecule has 0 saturated carbocycles. The zero-order valence-electron chi connectivity index (χ0n) is 24.3. The van der Waals surface area contributed by atoms with Crippen molar-refractivity contribution in [2.45, 2.75) is 0 Å². The molecular formula is C40H27N5. The molecule has 9 rings (SSSR count). The first kappa shape index (κ1) is 25.3. The SMILES string of the molecule is c1ccc(N(c2ccccc2)c2ccc(-n3c4ccccc4c4cc5c6ncccc6n(-c6ccccc6)c5nc43)cc2)cc1. The van der Waals surface area contributed by atoms with Crippen LogP contribution in [-0.2, 0) is 0 Å². The number of hydrogen-bond donors (Lipinski definition) is 0. The van der Waals surface area contributed by atoms with Crippen LogP contribution in [0.3, 0.4) is 0 Å². The molecule has 5 heteroatoms. The summed E-state index contributed by atoms with van der Waals surface area (Å²) in [5.74, 6) is 0. The first-order chi connectivity index (χ1) is 22.3. The third-order valence-electron chi connectivity index (χ3n) is 8.53. The van der Waals surface area contributed by atoms with E-state index in [1.165, 1.54) is 0 Å². The summed E-state index contributed by atoms with van der Waals surface area (Å²) < 4.78 is 4.50. The molecule has 5 aromatic carbocycles. The predicted octanol–water partition coefficient (Wildman–Crippen LogP) is 10.1. The maximum atomic E-state index is 5.43. The minimum Gasteiger partial charge on any atom is -0.311 e. The Labute approximate surface area is 259 Å². The Kier molecular flexibility index (Phi) is 5.74. The van der Waals surface area contributed by atoms with Crippen molar-refractivity contribution < 1.29 is 0 Å². The van der Waals surface area contributed by atoms with E-state index in [9.17, 15) is 0 Å². The molecule has 0 atom stereocenters. The van der Waals surface area contributed by atoms with Crippen molar-refractivity contribution in [3.63, 3.8) is 0 Å². The number of hydrogen-bond acceptors (Lipinski definition) is 3. The Hall–Kier alpha value is -6.20. The first-order valence-electron chi connectivity index (χ1n) is 15.1. The average molecular weight is 578 g/mol. The minimum absolute atomic E-state index is 0.891. The molecule has 0 radical (unpaired) electrons. The fourth-order valence-electron chi connectivity index (χ4n) is 6.57. The smallest absolute Gasteiger partial charge is 0.149 e. The van der Waals surface area contributed by atoms with Crippen molar-refractivity contribution >= 4 is 61.1 Å². The highest BCUT2D eigenvalue weighted by atomic mass is 15.1. The summed E-state index contributed by atoms with van der Waals surface area (Å²) >= 11 is 0.